The van der Waals surface area contributed by atoms with E-state index in [2.05, 4.69) is 11.5 Å². The molecule has 1 N–H and O–H groups in total. The van der Waals surface area contributed by atoms with Gasteiger partial charge in [0.25, 0.3) is 0 Å². The highest BCUT2D eigenvalue weighted by Gasteiger charge is 2.49. The van der Waals surface area contributed by atoms with Crippen LogP contribution in [-0.4, -0.2) is 55.4 Å². The van der Waals surface area contributed by atoms with Gasteiger partial charge in [-0.1, -0.05) is 0 Å². The number of hydrogen-bond donors (Lipinski definition) is 1. The van der Waals surface area contributed by atoms with Crippen LogP contribution in [0, 0.1) is 23.2 Å². The van der Waals surface area contributed by atoms with Crippen LogP contribution >= 0.6 is 0 Å². The lowest BCUT2D eigenvalue weighted by molar-refractivity contribution is -0.178. The summed E-state index contributed by atoms with van der Waals surface area (Å²) >= 11 is 0. The van der Waals surface area contributed by atoms with Gasteiger partial charge in [0.05, 0.1) is 17.9 Å². The van der Waals surface area contributed by atoms with Crippen LogP contribution in [0.15, 0.2) is 0 Å². The van der Waals surface area contributed by atoms with E-state index in [4.69, 9.17) is 5.26 Å². The third-order valence-corrected chi connectivity index (χ3v) is 3.64. The Morgan fingerprint density at radius 2 is 2.00 bits per heavy atom. The molecule has 18 heavy (non-hydrogen) atoms. The first kappa shape index (κ1) is 13.6. The summed E-state index contributed by atoms with van der Waals surface area (Å²) in [5.74, 6) is -1.40. The molecule has 0 radical (unpaired) electrons. The second-order valence-electron chi connectivity index (χ2n) is 5.17. The molecule has 0 saturated carbocycles. The van der Waals surface area contributed by atoms with E-state index in [1.807, 2.05) is 0 Å². The van der Waals surface area contributed by atoms with E-state index in [1.54, 1.807) is 17.0 Å². The Hall–Kier alpha value is -0.840. The van der Waals surface area contributed by atoms with Crippen LogP contribution in [0.4, 0.5) is 13.2 Å². The maximum Gasteiger partial charge on any atom is 0.394 e. The molecule has 3 unspecified atom stereocenters. The minimum atomic E-state index is -4.17. The average molecular weight is 262 g/mol. The number of nitrogens with zero attached hydrogens (tertiary/aromatic N) is 3. The first-order valence-electron chi connectivity index (χ1n) is 6.06. The van der Waals surface area contributed by atoms with Crippen molar-refractivity contribution in [2.24, 2.45) is 11.8 Å². The highest BCUT2D eigenvalue weighted by atomic mass is 19.4. The number of hydrazine groups is 1. The van der Waals surface area contributed by atoms with Crippen molar-refractivity contribution in [1.82, 2.24) is 15.3 Å². The molecule has 0 spiro atoms. The Kier molecular flexibility index (Phi) is 3.80. The second kappa shape index (κ2) is 5.03. The molecule has 2 saturated heterocycles. The Balaban J connectivity index is 1.94. The Bertz CT molecular complexity index is 338. The van der Waals surface area contributed by atoms with Crippen molar-refractivity contribution < 1.29 is 13.2 Å². The van der Waals surface area contributed by atoms with Crippen LogP contribution in [0.1, 0.15) is 6.42 Å². The maximum absolute atomic E-state index is 12.9. The topological polar surface area (TPSA) is 42.3 Å². The van der Waals surface area contributed by atoms with E-state index in [0.29, 0.717) is 19.6 Å². The Morgan fingerprint density at radius 1 is 1.28 bits per heavy atom. The van der Waals surface area contributed by atoms with E-state index >= 15 is 0 Å². The largest absolute Gasteiger partial charge is 0.394 e. The molecule has 2 heterocycles. The molecular formula is C11H17F3N4. The summed E-state index contributed by atoms with van der Waals surface area (Å²) < 4.78 is 38.6. The van der Waals surface area contributed by atoms with Gasteiger partial charge in [-0.2, -0.15) is 18.4 Å². The van der Waals surface area contributed by atoms with Crippen LogP contribution in [0.25, 0.3) is 0 Å². The van der Waals surface area contributed by atoms with E-state index in [0.717, 1.165) is 6.42 Å². The summed E-state index contributed by atoms with van der Waals surface area (Å²) in [5, 5.41) is 10.5. The lowest BCUT2D eigenvalue weighted by Crippen LogP contribution is -2.50. The van der Waals surface area contributed by atoms with Crippen molar-refractivity contribution in [1.29, 1.82) is 5.26 Å². The Morgan fingerprint density at radius 3 is 2.56 bits per heavy atom. The molecule has 7 heteroatoms. The zero-order valence-corrected chi connectivity index (χ0v) is 10.2. The Labute approximate surface area is 104 Å². The fourth-order valence-electron chi connectivity index (χ4n) is 2.68. The van der Waals surface area contributed by atoms with Crippen LogP contribution < -0.4 is 5.43 Å². The molecule has 0 aromatic rings. The minimum Gasteiger partial charge on any atom is -0.304 e. The van der Waals surface area contributed by atoms with Crippen LogP contribution in [0.2, 0.25) is 0 Å². The second-order valence-corrected chi connectivity index (χ2v) is 5.17. The molecule has 4 nitrogen and oxygen atoms in total. The number of nitriles is 1. The predicted octanol–water partition coefficient (Wildman–Crippen LogP) is 0.829. The summed E-state index contributed by atoms with van der Waals surface area (Å²) in [7, 11) is 1.70. The zero-order chi connectivity index (χ0) is 13.3. The number of rotatable bonds is 2. The number of alkyl halides is 3. The van der Waals surface area contributed by atoms with Gasteiger partial charge in [0, 0.05) is 32.2 Å². The molecule has 3 atom stereocenters. The fraction of sp³-hybridized carbons (Fsp3) is 0.909. The van der Waals surface area contributed by atoms with Gasteiger partial charge in [-0.25, -0.2) is 5.01 Å². The first-order chi connectivity index (χ1) is 8.40. The first-order valence-corrected chi connectivity index (χ1v) is 6.06. The van der Waals surface area contributed by atoms with Gasteiger partial charge in [0.15, 0.2) is 0 Å². The number of hydrogen-bond acceptors (Lipinski definition) is 4. The number of likely N-dealkylation sites (N-methyl/N-ethyl adjacent to an activating group) is 1. The number of halogens is 3. The van der Waals surface area contributed by atoms with Crippen molar-refractivity contribution in [2.45, 2.75) is 18.6 Å². The molecule has 2 aliphatic heterocycles. The summed E-state index contributed by atoms with van der Waals surface area (Å²) in [6, 6.07) is 1.55. The molecule has 0 amide bonds. The standard InChI is InChI=1S/C11H17F3N4/c1-17-6-9(11(12,13)14)10(7-17)16-18-3-2-8(4-15)5-18/h8-10,16H,2-3,5-7H2,1H3. The molecule has 2 rings (SSSR count). The van der Waals surface area contributed by atoms with Gasteiger partial charge in [-0.3, -0.25) is 5.43 Å². The highest BCUT2D eigenvalue weighted by molar-refractivity contribution is 4.94. The molecule has 0 aliphatic carbocycles. The lowest BCUT2D eigenvalue weighted by atomic mass is 10.0. The van der Waals surface area contributed by atoms with Crippen molar-refractivity contribution >= 4 is 0 Å². The van der Waals surface area contributed by atoms with Gasteiger partial charge >= 0.3 is 6.18 Å². The van der Waals surface area contributed by atoms with Gasteiger partial charge < -0.3 is 4.90 Å². The predicted molar refractivity (Wildman–Crippen MR) is 59.3 cm³/mol. The molecule has 0 aromatic carbocycles. The van der Waals surface area contributed by atoms with E-state index < -0.39 is 18.1 Å². The van der Waals surface area contributed by atoms with Gasteiger partial charge in [0.1, 0.15) is 0 Å². The number of nitrogens with one attached hydrogen (secondary N) is 1. The summed E-state index contributed by atoms with van der Waals surface area (Å²) in [6.45, 7) is 1.58. The summed E-state index contributed by atoms with van der Waals surface area (Å²) in [6.07, 6.45) is -3.44. The normalized spacial score (nSPS) is 34.9. The van der Waals surface area contributed by atoms with Crippen LogP contribution in [0.5, 0.6) is 0 Å². The molecule has 2 aliphatic rings. The SMILES string of the molecule is CN1CC(NN2CCC(C#N)C2)C(C(F)(F)F)C1. The molecular weight excluding hydrogens is 245 g/mol. The van der Waals surface area contributed by atoms with Crippen molar-refractivity contribution in [3.8, 4) is 6.07 Å². The monoisotopic (exact) mass is 262 g/mol. The van der Waals surface area contributed by atoms with E-state index in [9.17, 15) is 13.2 Å². The van der Waals surface area contributed by atoms with Gasteiger partial charge in [-0.05, 0) is 13.5 Å². The smallest absolute Gasteiger partial charge is 0.304 e. The van der Waals surface area contributed by atoms with Gasteiger partial charge in [0.2, 0.25) is 0 Å². The molecule has 0 bridgehead atoms. The zero-order valence-electron chi connectivity index (χ0n) is 10.2. The maximum atomic E-state index is 12.9. The summed E-state index contributed by atoms with van der Waals surface area (Å²) in [5.41, 5.74) is 2.95. The molecule has 0 aromatic heterocycles. The minimum absolute atomic E-state index is 0.0384. The van der Waals surface area contributed by atoms with Gasteiger partial charge in [-0.15, -0.1) is 0 Å². The quantitative estimate of drug-likeness (QED) is 0.800. The van der Waals surface area contributed by atoms with Crippen molar-refractivity contribution in [3.05, 3.63) is 0 Å². The highest BCUT2D eigenvalue weighted by Crippen LogP contribution is 2.33. The average Bonchev–Trinajstić information content (AvgIpc) is 2.85. The third-order valence-electron chi connectivity index (χ3n) is 3.64. The van der Waals surface area contributed by atoms with E-state index in [-0.39, 0.29) is 12.5 Å². The fourth-order valence-corrected chi connectivity index (χ4v) is 2.68. The van der Waals surface area contributed by atoms with Crippen LogP contribution in [0.3, 0.4) is 0 Å². The third kappa shape index (κ3) is 2.94. The van der Waals surface area contributed by atoms with E-state index in [1.165, 1.54) is 0 Å². The van der Waals surface area contributed by atoms with Crippen molar-refractivity contribution in [3.63, 3.8) is 0 Å². The lowest BCUT2D eigenvalue weighted by Gasteiger charge is -2.27. The van der Waals surface area contributed by atoms with Crippen LogP contribution in [-0.2, 0) is 0 Å². The molecule has 2 fully saturated rings. The number of likely N-dealkylation sites (tertiary alicyclic amines) is 1. The summed E-state index contributed by atoms with van der Waals surface area (Å²) in [4.78, 5) is 1.69. The molecule has 102 valence electrons. The van der Waals surface area contributed by atoms with Crippen molar-refractivity contribution in [2.75, 3.05) is 33.2 Å².